The van der Waals surface area contributed by atoms with E-state index in [1.54, 1.807) is 11.3 Å². The van der Waals surface area contributed by atoms with Crippen molar-refractivity contribution < 1.29 is 0 Å². The van der Waals surface area contributed by atoms with Gasteiger partial charge in [0.05, 0.1) is 0 Å². The van der Waals surface area contributed by atoms with Gasteiger partial charge in [0, 0.05) is 32.2 Å². The molecular formula is C12H14BrNS2. The first-order chi connectivity index (χ1) is 7.66. The van der Waals surface area contributed by atoms with Crippen LogP contribution in [-0.2, 0) is 13.1 Å². The van der Waals surface area contributed by atoms with E-state index < -0.39 is 0 Å². The number of aryl methyl sites for hydroxylation is 2. The van der Waals surface area contributed by atoms with Gasteiger partial charge in [-0.05, 0) is 52.9 Å². The molecule has 0 aliphatic rings. The summed E-state index contributed by atoms with van der Waals surface area (Å²) in [4.78, 5) is 4.19. The minimum Gasteiger partial charge on any atom is -0.308 e. The van der Waals surface area contributed by atoms with Crippen molar-refractivity contribution in [3.8, 4) is 0 Å². The lowest BCUT2D eigenvalue weighted by Crippen LogP contribution is -2.12. The largest absolute Gasteiger partial charge is 0.308 e. The molecule has 0 amide bonds. The van der Waals surface area contributed by atoms with Crippen LogP contribution in [0.1, 0.15) is 20.2 Å². The van der Waals surface area contributed by atoms with Gasteiger partial charge in [0.15, 0.2) is 0 Å². The maximum atomic E-state index is 3.54. The van der Waals surface area contributed by atoms with Crippen LogP contribution >= 0.6 is 38.6 Å². The molecule has 0 saturated heterocycles. The Labute approximate surface area is 113 Å². The molecule has 0 bridgehead atoms. The number of thiophene rings is 2. The Hall–Kier alpha value is -0.160. The molecule has 2 rings (SSSR count). The number of hydrogen-bond acceptors (Lipinski definition) is 3. The van der Waals surface area contributed by atoms with Gasteiger partial charge < -0.3 is 5.32 Å². The average molecular weight is 316 g/mol. The summed E-state index contributed by atoms with van der Waals surface area (Å²) in [5.41, 5.74) is 1.43. The van der Waals surface area contributed by atoms with Gasteiger partial charge in [-0.1, -0.05) is 0 Å². The zero-order valence-corrected chi connectivity index (χ0v) is 12.6. The molecule has 4 heteroatoms. The molecule has 1 N–H and O–H groups in total. The van der Waals surface area contributed by atoms with E-state index in [9.17, 15) is 0 Å². The molecule has 0 unspecified atom stereocenters. The number of nitrogens with one attached hydrogen (secondary N) is 1. The van der Waals surface area contributed by atoms with Crippen molar-refractivity contribution in [1.82, 2.24) is 5.32 Å². The summed E-state index contributed by atoms with van der Waals surface area (Å²) in [6.07, 6.45) is 0. The molecule has 0 aromatic carbocycles. The van der Waals surface area contributed by atoms with Gasteiger partial charge in [-0.2, -0.15) is 0 Å². The van der Waals surface area contributed by atoms with E-state index in [2.05, 4.69) is 52.6 Å². The molecule has 2 heterocycles. The summed E-state index contributed by atoms with van der Waals surface area (Å²) < 4.78 is 1.21. The van der Waals surface area contributed by atoms with E-state index in [0.717, 1.165) is 13.1 Å². The van der Waals surface area contributed by atoms with Crippen molar-refractivity contribution in [3.63, 3.8) is 0 Å². The van der Waals surface area contributed by atoms with Crippen molar-refractivity contribution in [2.75, 3.05) is 0 Å². The van der Waals surface area contributed by atoms with E-state index in [1.807, 2.05) is 11.3 Å². The zero-order valence-electron chi connectivity index (χ0n) is 9.34. The summed E-state index contributed by atoms with van der Waals surface area (Å²) >= 11 is 7.20. The molecule has 1 nitrogen and oxygen atoms in total. The predicted octanol–water partition coefficient (Wildman–Crippen LogP) is 4.48. The minimum absolute atomic E-state index is 0.937. The van der Waals surface area contributed by atoms with Crippen LogP contribution in [0.5, 0.6) is 0 Å². The molecule has 0 aliphatic heterocycles. The summed E-state index contributed by atoms with van der Waals surface area (Å²) in [6, 6.07) is 4.37. The molecule has 0 fully saturated rings. The fraction of sp³-hybridized carbons (Fsp3) is 0.333. The lowest BCUT2D eigenvalue weighted by atomic mass is 10.2. The van der Waals surface area contributed by atoms with Crippen molar-refractivity contribution in [2.45, 2.75) is 26.9 Å². The Balaban J connectivity index is 1.89. The SMILES string of the molecule is Cc1cc(CNCc2sccc2Br)c(C)s1. The Morgan fingerprint density at radius 3 is 2.69 bits per heavy atom. The number of halogens is 1. The van der Waals surface area contributed by atoms with Crippen molar-refractivity contribution >= 4 is 38.6 Å². The molecular weight excluding hydrogens is 302 g/mol. The van der Waals surface area contributed by atoms with Gasteiger partial charge in [-0.25, -0.2) is 0 Å². The first-order valence-electron chi connectivity index (χ1n) is 5.15. The van der Waals surface area contributed by atoms with Crippen LogP contribution < -0.4 is 5.32 Å². The Kier molecular flexibility index (Phi) is 4.19. The van der Waals surface area contributed by atoms with Gasteiger partial charge in [-0.3, -0.25) is 0 Å². The van der Waals surface area contributed by atoms with Gasteiger partial charge in [0.1, 0.15) is 0 Å². The van der Waals surface area contributed by atoms with Gasteiger partial charge >= 0.3 is 0 Å². The molecule has 0 saturated carbocycles. The van der Waals surface area contributed by atoms with Crippen molar-refractivity contribution in [2.24, 2.45) is 0 Å². The van der Waals surface area contributed by atoms with E-state index in [-0.39, 0.29) is 0 Å². The average Bonchev–Trinajstić information content (AvgIpc) is 2.75. The lowest BCUT2D eigenvalue weighted by Gasteiger charge is -2.03. The Bertz CT molecular complexity index is 473. The number of rotatable bonds is 4. The van der Waals surface area contributed by atoms with Crippen molar-refractivity contribution in [1.29, 1.82) is 0 Å². The molecule has 0 spiro atoms. The highest BCUT2D eigenvalue weighted by Crippen LogP contribution is 2.23. The predicted molar refractivity (Wildman–Crippen MR) is 76.4 cm³/mol. The van der Waals surface area contributed by atoms with Crippen LogP contribution in [0.3, 0.4) is 0 Å². The zero-order chi connectivity index (χ0) is 11.5. The molecule has 0 atom stereocenters. The first kappa shape index (κ1) is 12.3. The topological polar surface area (TPSA) is 12.0 Å². The highest BCUT2D eigenvalue weighted by molar-refractivity contribution is 9.10. The standard InChI is InChI=1S/C12H14BrNS2/c1-8-5-10(9(2)16-8)6-14-7-12-11(13)3-4-15-12/h3-5,14H,6-7H2,1-2H3. The molecule has 2 aromatic heterocycles. The summed E-state index contributed by atoms with van der Waals surface area (Å²) in [5.74, 6) is 0. The van der Waals surface area contributed by atoms with E-state index in [0.29, 0.717) is 0 Å². The summed E-state index contributed by atoms with van der Waals surface area (Å²) in [6.45, 7) is 6.25. The molecule has 16 heavy (non-hydrogen) atoms. The van der Waals surface area contributed by atoms with Crippen LogP contribution in [0.4, 0.5) is 0 Å². The minimum atomic E-state index is 0.937. The van der Waals surface area contributed by atoms with Gasteiger partial charge in [0.25, 0.3) is 0 Å². The fourth-order valence-corrected chi connectivity index (χ4v) is 4.03. The third kappa shape index (κ3) is 2.94. The molecule has 2 aromatic rings. The fourth-order valence-electron chi connectivity index (χ4n) is 1.62. The third-order valence-electron chi connectivity index (χ3n) is 2.44. The van der Waals surface area contributed by atoms with Gasteiger partial charge in [0.2, 0.25) is 0 Å². The second-order valence-corrected chi connectivity index (χ2v) is 7.05. The monoisotopic (exact) mass is 315 g/mol. The second-order valence-electron chi connectivity index (χ2n) is 3.73. The van der Waals surface area contributed by atoms with Crippen LogP contribution in [0.15, 0.2) is 22.0 Å². The number of hydrogen-bond donors (Lipinski definition) is 1. The first-order valence-corrected chi connectivity index (χ1v) is 7.64. The normalized spacial score (nSPS) is 10.9. The van der Waals surface area contributed by atoms with Crippen molar-refractivity contribution in [3.05, 3.63) is 42.2 Å². The van der Waals surface area contributed by atoms with E-state index >= 15 is 0 Å². The van der Waals surface area contributed by atoms with E-state index in [4.69, 9.17) is 0 Å². The molecule has 86 valence electrons. The second kappa shape index (κ2) is 5.45. The maximum absolute atomic E-state index is 3.54. The lowest BCUT2D eigenvalue weighted by molar-refractivity contribution is 0.698. The maximum Gasteiger partial charge on any atom is 0.0327 e. The van der Waals surface area contributed by atoms with E-state index in [1.165, 1.54) is 24.7 Å². The Morgan fingerprint density at radius 2 is 2.12 bits per heavy atom. The van der Waals surface area contributed by atoms with Crippen LogP contribution in [0, 0.1) is 13.8 Å². The molecule has 0 aliphatic carbocycles. The summed E-state index contributed by atoms with van der Waals surface area (Å²) in [5, 5.41) is 5.60. The van der Waals surface area contributed by atoms with Crippen LogP contribution in [0.2, 0.25) is 0 Å². The Morgan fingerprint density at radius 1 is 1.31 bits per heavy atom. The summed E-state index contributed by atoms with van der Waals surface area (Å²) in [7, 11) is 0. The van der Waals surface area contributed by atoms with Gasteiger partial charge in [-0.15, -0.1) is 22.7 Å². The van der Waals surface area contributed by atoms with Crippen LogP contribution in [-0.4, -0.2) is 0 Å². The quantitative estimate of drug-likeness (QED) is 0.877. The highest BCUT2D eigenvalue weighted by atomic mass is 79.9. The third-order valence-corrected chi connectivity index (χ3v) is 5.37. The highest BCUT2D eigenvalue weighted by Gasteiger charge is 2.04. The van der Waals surface area contributed by atoms with Crippen LogP contribution in [0.25, 0.3) is 0 Å². The molecule has 0 radical (unpaired) electrons. The smallest absolute Gasteiger partial charge is 0.0327 e.